The van der Waals surface area contributed by atoms with Crippen LogP contribution in [-0.4, -0.2) is 24.9 Å². The second-order valence-corrected chi connectivity index (χ2v) is 15.7. The summed E-state index contributed by atoms with van der Waals surface area (Å²) in [5.41, 5.74) is 16.7. The molecule has 0 unspecified atom stereocenters. The first-order valence-electron chi connectivity index (χ1n) is 21.0. The van der Waals surface area contributed by atoms with Crippen molar-refractivity contribution in [2.24, 2.45) is 0 Å². The maximum Gasteiger partial charge on any atom is 0.164 e. The molecule has 0 spiro atoms. The predicted octanol–water partition coefficient (Wildman–Crippen LogP) is 14.5. The van der Waals surface area contributed by atoms with Crippen molar-refractivity contribution in [1.29, 1.82) is 0 Å². The summed E-state index contributed by atoms with van der Waals surface area (Å²) in [5, 5.41) is 2.13. The zero-order chi connectivity index (χ0) is 41.7. The molecule has 0 aliphatic rings. The smallest absolute Gasteiger partial charge is 0.164 e. The normalized spacial score (nSPS) is 11.5. The summed E-state index contributed by atoms with van der Waals surface area (Å²) < 4.78 is 6.28. The van der Waals surface area contributed by atoms with Gasteiger partial charge >= 0.3 is 0 Å². The highest BCUT2D eigenvalue weighted by molar-refractivity contribution is 6.14. The molecule has 0 atom stereocenters. The molecule has 6 nitrogen and oxygen atoms in total. The first-order chi connectivity index (χ1) is 31.2. The van der Waals surface area contributed by atoms with Crippen LogP contribution in [0.3, 0.4) is 0 Å². The second-order valence-electron chi connectivity index (χ2n) is 15.7. The van der Waals surface area contributed by atoms with Crippen molar-refractivity contribution in [2.75, 3.05) is 0 Å². The monoisotopic (exact) mass is 805 g/mol. The van der Waals surface area contributed by atoms with Crippen molar-refractivity contribution in [3.8, 4) is 78.7 Å². The van der Waals surface area contributed by atoms with Gasteiger partial charge in [0.2, 0.25) is 0 Å². The molecule has 0 bridgehead atoms. The Labute approximate surface area is 362 Å². The fourth-order valence-corrected chi connectivity index (χ4v) is 8.44. The average molecular weight is 806 g/mol. The van der Waals surface area contributed by atoms with Gasteiger partial charge in [-0.2, -0.15) is 0 Å². The Kier molecular flexibility index (Phi) is 8.71. The third-order valence-electron chi connectivity index (χ3n) is 11.8. The van der Waals surface area contributed by atoms with Crippen LogP contribution in [0.4, 0.5) is 0 Å². The van der Waals surface area contributed by atoms with Crippen LogP contribution in [0.15, 0.2) is 217 Å². The Morgan fingerprint density at radius 3 is 1.35 bits per heavy atom. The van der Waals surface area contributed by atoms with Gasteiger partial charge in [-0.1, -0.05) is 176 Å². The number of hydrogen-bond acceptors (Lipinski definition) is 6. The molecule has 0 amide bonds. The van der Waals surface area contributed by atoms with E-state index in [9.17, 15) is 0 Å². The maximum absolute atomic E-state index is 6.28. The molecule has 3 aromatic heterocycles. The highest BCUT2D eigenvalue weighted by Gasteiger charge is 2.15. The lowest BCUT2D eigenvalue weighted by atomic mass is 9.97. The van der Waals surface area contributed by atoms with Gasteiger partial charge in [-0.05, 0) is 80.9 Å². The van der Waals surface area contributed by atoms with E-state index in [0.29, 0.717) is 17.5 Å². The zero-order valence-electron chi connectivity index (χ0n) is 33.9. The van der Waals surface area contributed by atoms with Crippen LogP contribution in [-0.2, 0) is 0 Å². The summed E-state index contributed by atoms with van der Waals surface area (Å²) in [4.78, 5) is 25.0. The van der Waals surface area contributed by atoms with E-state index in [4.69, 9.17) is 29.3 Å². The minimum absolute atomic E-state index is 0.625. The molecule has 0 radical (unpaired) electrons. The molecule has 6 heteroatoms. The lowest BCUT2D eigenvalue weighted by molar-refractivity contribution is 0.671. The van der Waals surface area contributed by atoms with Crippen molar-refractivity contribution < 1.29 is 4.42 Å². The number of benzene rings is 9. The summed E-state index contributed by atoms with van der Waals surface area (Å²) in [6, 6.07) is 73.2. The van der Waals surface area contributed by atoms with Gasteiger partial charge in [-0.15, -0.1) is 0 Å². The molecule has 0 aliphatic carbocycles. The van der Waals surface area contributed by atoms with Gasteiger partial charge in [0, 0.05) is 27.5 Å². The summed E-state index contributed by atoms with van der Waals surface area (Å²) in [7, 11) is 0. The van der Waals surface area contributed by atoms with E-state index < -0.39 is 0 Å². The summed E-state index contributed by atoms with van der Waals surface area (Å²) in [5.74, 6) is 1.89. The third kappa shape index (κ3) is 6.76. The van der Waals surface area contributed by atoms with Crippen LogP contribution in [0.5, 0.6) is 0 Å². The van der Waals surface area contributed by atoms with E-state index in [-0.39, 0.29) is 0 Å². The Hall–Kier alpha value is -8.61. The molecule has 63 heavy (non-hydrogen) atoms. The highest BCUT2D eigenvalue weighted by Crippen LogP contribution is 2.35. The molecule has 0 fully saturated rings. The molecule has 0 saturated carbocycles. The molecular formula is C57H35N5O. The number of nitrogens with zero attached hydrogens (tertiary/aromatic N) is 5. The number of hydrogen-bond donors (Lipinski definition) is 0. The van der Waals surface area contributed by atoms with Crippen LogP contribution >= 0.6 is 0 Å². The van der Waals surface area contributed by atoms with Crippen molar-refractivity contribution in [3.05, 3.63) is 212 Å². The SMILES string of the molecule is c1ccc(-c2ccc(-c3nc(-c4ccccc4)nc(-c4cccc(-c5ccc(-c6ccc(-c7ccc8nc9ccc%10c%11ccccc%11oc%10c9nc8c7)cc6)cc5)c4)n3)cc2)cc1. The van der Waals surface area contributed by atoms with Crippen LogP contribution in [0.25, 0.3) is 123 Å². The molecule has 12 rings (SSSR count). The summed E-state index contributed by atoms with van der Waals surface area (Å²) in [6.07, 6.45) is 0. The molecule has 294 valence electrons. The maximum atomic E-state index is 6.28. The minimum atomic E-state index is 0.625. The van der Waals surface area contributed by atoms with E-state index in [0.717, 1.165) is 99.6 Å². The van der Waals surface area contributed by atoms with Crippen LogP contribution in [0.2, 0.25) is 0 Å². The largest absolute Gasteiger partial charge is 0.454 e. The first-order valence-corrected chi connectivity index (χ1v) is 21.0. The van der Waals surface area contributed by atoms with Gasteiger partial charge < -0.3 is 4.42 Å². The molecule has 12 aromatic rings. The zero-order valence-corrected chi connectivity index (χ0v) is 33.9. The lowest BCUT2D eigenvalue weighted by Gasteiger charge is -2.11. The lowest BCUT2D eigenvalue weighted by Crippen LogP contribution is -2.00. The Bertz CT molecular complexity index is 3640. The predicted molar refractivity (Wildman–Crippen MR) is 256 cm³/mol. The molecule has 0 N–H and O–H groups in total. The van der Waals surface area contributed by atoms with Crippen molar-refractivity contribution in [3.63, 3.8) is 0 Å². The average Bonchev–Trinajstić information content (AvgIpc) is 3.76. The third-order valence-corrected chi connectivity index (χ3v) is 11.8. The van der Waals surface area contributed by atoms with Crippen LogP contribution in [0.1, 0.15) is 0 Å². The Balaban J connectivity index is 0.819. The highest BCUT2D eigenvalue weighted by atomic mass is 16.3. The quantitative estimate of drug-likeness (QED) is 0.149. The van der Waals surface area contributed by atoms with E-state index in [2.05, 4.69) is 146 Å². The van der Waals surface area contributed by atoms with E-state index in [1.807, 2.05) is 66.7 Å². The first kappa shape index (κ1) is 36.3. The van der Waals surface area contributed by atoms with E-state index in [1.165, 1.54) is 5.56 Å². The van der Waals surface area contributed by atoms with Crippen molar-refractivity contribution in [1.82, 2.24) is 24.9 Å². The van der Waals surface area contributed by atoms with Gasteiger partial charge in [0.15, 0.2) is 23.1 Å². The number of furan rings is 1. The number of fused-ring (bicyclic) bond motifs is 6. The minimum Gasteiger partial charge on any atom is -0.454 e. The number of para-hydroxylation sites is 1. The molecular weight excluding hydrogens is 771 g/mol. The number of aromatic nitrogens is 5. The Morgan fingerprint density at radius 1 is 0.254 bits per heavy atom. The van der Waals surface area contributed by atoms with Gasteiger partial charge in [0.05, 0.1) is 16.6 Å². The van der Waals surface area contributed by atoms with Gasteiger partial charge in [0.25, 0.3) is 0 Å². The number of rotatable bonds is 7. The molecule has 3 heterocycles. The molecule has 0 aliphatic heterocycles. The Morgan fingerprint density at radius 2 is 0.698 bits per heavy atom. The molecule has 9 aromatic carbocycles. The van der Waals surface area contributed by atoms with E-state index >= 15 is 0 Å². The summed E-state index contributed by atoms with van der Waals surface area (Å²) >= 11 is 0. The van der Waals surface area contributed by atoms with Crippen molar-refractivity contribution >= 4 is 44.0 Å². The van der Waals surface area contributed by atoms with Crippen LogP contribution in [0, 0.1) is 0 Å². The fraction of sp³-hybridized carbons (Fsp3) is 0. The molecule has 0 saturated heterocycles. The van der Waals surface area contributed by atoms with Crippen molar-refractivity contribution in [2.45, 2.75) is 0 Å². The van der Waals surface area contributed by atoms with E-state index in [1.54, 1.807) is 0 Å². The van der Waals surface area contributed by atoms with Gasteiger partial charge in [0.1, 0.15) is 11.1 Å². The van der Waals surface area contributed by atoms with Crippen LogP contribution < -0.4 is 0 Å². The van der Waals surface area contributed by atoms with Gasteiger partial charge in [-0.25, -0.2) is 24.9 Å². The second kappa shape index (κ2) is 15.1. The standard InChI is InChI=1S/C57H35N5O/c1-3-10-36(11-4-1)37-26-28-43(29-27-37)56-60-55(42-12-5-2-6-13-42)61-57(62-56)46-15-9-14-44(34-46)40-22-18-38(19-23-40)39-20-24-41(25-21-39)45-30-32-49-51(35-45)59-53-50(58-49)33-31-48-47-16-7-8-17-52(47)63-54(48)53/h1-35H. The van der Waals surface area contributed by atoms with Gasteiger partial charge in [-0.3, -0.25) is 0 Å². The topological polar surface area (TPSA) is 77.6 Å². The summed E-state index contributed by atoms with van der Waals surface area (Å²) in [6.45, 7) is 0. The fourth-order valence-electron chi connectivity index (χ4n) is 8.44.